The molecule has 2 aromatic heterocycles. The average Bonchev–Trinajstić information content (AvgIpc) is 3.66. The van der Waals surface area contributed by atoms with Gasteiger partial charge in [-0.15, -0.1) is 0 Å². The van der Waals surface area contributed by atoms with Crippen molar-refractivity contribution >= 4 is 11.0 Å². The van der Waals surface area contributed by atoms with E-state index in [1.54, 1.807) is 6.07 Å². The molecule has 2 N–H and O–H groups in total. The Hall–Kier alpha value is -5.35. The maximum absolute atomic E-state index is 11.0. The van der Waals surface area contributed by atoms with E-state index in [1.165, 1.54) is 5.56 Å². The standard InChI is InChI=1S/C39H33N3O/c1-39(2,3)28-20-21-30(32(23-28)26-12-5-4-6-13-26)33-24-35(41-38(33)31-16-7-10-19-37(31)43)27-14-11-15-29(22-27)42-25-40-34-17-8-9-18-36(34)42/h4-25,41,43H,1-3H3. The van der Waals surface area contributed by atoms with Crippen molar-refractivity contribution in [3.05, 3.63) is 139 Å². The molecule has 0 aliphatic rings. The molecule has 0 saturated heterocycles. The second-order valence-corrected chi connectivity index (χ2v) is 12.0. The Kier molecular flexibility index (Phi) is 6.47. The second kappa shape index (κ2) is 10.5. The molecule has 210 valence electrons. The average molecular weight is 560 g/mol. The van der Waals surface area contributed by atoms with Gasteiger partial charge in [0.1, 0.15) is 12.1 Å². The van der Waals surface area contributed by atoms with Crippen LogP contribution < -0.4 is 0 Å². The van der Waals surface area contributed by atoms with Gasteiger partial charge in [0.15, 0.2) is 0 Å². The number of aromatic hydroxyl groups is 1. The number of phenolic OH excluding ortho intramolecular Hbond substituents is 1. The highest BCUT2D eigenvalue weighted by molar-refractivity contribution is 5.94. The van der Waals surface area contributed by atoms with Crippen LogP contribution in [0.2, 0.25) is 0 Å². The quantitative estimate of drug-likeness (QED) is 0.220. The smallest absolute Gasteiger partial charge is 0.124 e. The fraction of sp³-hybridized carbons (Fsp3) is 0.103. The molecular formula is C39H33N3O. The Morgan fingerprint density at radius 1 is 0.628 bits per heavy atom. The van der Waals surface area contributed by atoms with Gasteiger partial charge in [0.2, 0.25) is 0 Å². The minimum atomic E-state index is 0.00380. The monoisotopic (exact) mass is 559 g/mol. The first-order valence-corrected chi connectivity index (χ1v) is 14.6. The van der Waals surface area contributed by atoms with E-state index in [4.69, 9.17) is 0 Å². The van der Waals surface area contributed by atoms with Crippen LogP contribution >= 0.6 is 0 Å². The largest absolute Gasteiger partial charge is 0.507 e. The third-order valence-corrected chi connectivity index (χ3v) is 8.14. The lowest BCUT2D eigenvalue weighted by molar-refractivity contribution is 0.477. The summed E-state index contributed by atoms with van der Waals surface area (Å²) in [6.45, 7) is 6.74. The van der Waals surface area contributed by atoms with Gasteiger partial charge in [-0.1, -0.05) is 106 Å². The predicted octanol–water partition coefficient (Wildman–Crippen LogP) is 10.0. The Balaban J connectivity index is 1.44. The van der Waals surface area contributed by atoms with Gasteiger partial charge in [-0.2, -0.15) is 0 Å². The molecule has 4 heteroatoms. The van der Waals surface area contributed by atoms with Crippen molar-refractivity contribution in [1.82, 2.24) is 14.5 Å². The van der Waals surface area contributed by atoms with Gasteiger partial charge in [-0.3, -0.25) is 4.57 Å². The van der Waals surface area contributed by atoms with Gasteiger partial charge in [-0.25, -0.2) is 4.98 Å². The highest BCUT2D eigenvalue weighted by Gasteiger charge is 2.22. The van der Waals surface area contributed by atoms with Crippen molar-refractivity contribution in [3.8, 4) is 56.2 Å². The van der Waals surface area contributed by atoms with E-state index in [0.717, 1.165) is 61.5 Å². The van der Waals surface area contributed by atoms with E-state index < -0.39 is 0 Å². The molecule has 2 heterocycles. The van der Waals surface area contributed by atoms with Crippen LogP contribution in [0.25, 0.3) is 61.5 Å². The zero-order valence-electron chi connectivity index (χ0n) is 24.5. The van der Waals surface area contributed by atoms with Crippen LogP contribution in [0.5, 0.6) is 5.75 Å². The van der Waals surface area contributed by atoms with Crippen LogP contribution in [0.4, 0.5) is 0 Å². The third-order valence-electron chi connectivity index (χ3n) is 8.14. The molecule has 0 spiro atoms. The molecule has 7 rings (SSSR count). The maximum atomic E-state index is 11.0. The zero-order chi connectivity index (χ0) is 29.6. The number of hydrogen-bond donors (Lipinski definition) is 2. The molecule has 0 atom stereocenters. The first-order chi connectivity index (χ1) is 20.9. The lowest BCUT2D eigenvalue weighted by Gasteiger charge is -2.22. The van der Waals surface area contributed by atoms with Crippen LogP contribution in [-0.4, -0.2) is 19.6 Å². The normalized spacial score (nSPS) is 11.7. The number of imidazole rings is 1. The number of para-hydroxylation sites is 3. The van der Waals surface area contributed by atoms with Gasteiger partial charge >= 0.3 is 0 Å². The zero-order valence-corrected chi connectivity index (χ0v) is 24.5. The molecule has 4 nitrogen and oxygen atoms in total. The summed E-state index contributed by atoms with van der Waals surface area (Å²) < 4.78 is 2.12. The van der Waals surface area contributed by atoms with Crippen molar-refractivity contribution in [2.24, 2.45) is 0 Å². The van der Waals surface area contributed by atoms with Gasteiger partial charge < -0.3 is 10.1 Å². The molecule has 5 aromatic carbocycles. The number of H-pyrrole nitrogens is 1. The summed E-state index contributed by atoms with van der Waals surface area (Å²) >= 11 is 0. The SMILES string of the molecule is CC(C)(C)c1ccc(-c2cc(-c3cccc(-n4cnc5ccccc54)c3)[nH]c2-c2ccccc2O)c(-c2ccccc2)c1. The Bertz CT molecular complexity index is 2080. The lowest BCUT2D eigenvalue weighted by atomic mass is 9.82. The number of nitrogens with zero attached hydrogens (tertiary/aromatic N) is 2. The molecule has 7 aromatic rings. The van der Waals surface area contributed by atoms with Crippen LogP contribution in [-0.2, 0) is 5.41 Å². The molecule has 0 radical (unpaired) electrons. The van der Waals surface area contributed by atoms with Gasteiger partial charge in [0, 0.05) is 28.1 Å². The predicted molar refractivity (Wildman–Crippen MR) is 178 cm³/mol. The van der Waals surface area contributed by atoms with Crippen LogP contribution in [0.3, 0.4) is 0 Å². The number of benzene rings is 5. The summed E-state index contributed by atoms with van der Waals surface area (Å²) in [5, 5.41) is 11.0. The fourth-order valence-corrected chi connectivity index (χ4v) is 5.81. The van der Waals surface area contributed by atoms with E-state index in [2.05, 4.69) is 120 Å². The number of phenols is 1. The lowest BCUT2D eigenvalue weighted by Crippen LogP contribution is -2.11. The number of fused-ring (bicyclic) bond motifs is 1. The number of aromatic nitrogens is 3. The van der Waals surface area contributed by atoms with E-state index in [-0.39, 0.29) is 11.2 Å². The topological polar surface area (TPSA) is 53.8 Å². The fourth-order valence-electron chi connectivity index (χ4n) is 5.81. The van der Waals surface area contributed by atoms with Crippen LogP contribution in [0.1, 0.15) is 26.3 Å². The minimum Gasteiger partial charge on any atom is -0.507 e. The highest BCUT2D eigenvalue weighted by atomic mass is 16.3. The summed E-state index contributed by atoms with van der Waals surface area (Å²) in [6.07, 6.45) is 1.88. The first kappa shape index (κ1) is 26.5. The summed E-state index contributed by atoms with van der Waals surface area (Å²) in [7, 11) is 0. The minimum absolute atomic E-state index is 0.00380. The second-order valence-electron chi connectivity index (χ2n) is 12.0. The molecule has 0 saturated carbocycles. The molecule has 0 unspecified atom stereocenters. The number of hydrogen-bond acceptors (Lipinski definition) is 2. The first-order valence-electron chi connectivity index (χ1n) is 14.6. The van der Waals surface area contributed by atoms with E-state index in [0.29, 0.717) is 0 Å². The van der Waals surface area contributed by atoms with Gasteiger partial charge in [0.05, 0.1) is 16.7 Å². The Morgan fingerprint density at radius 2 is 1.37 bits per heavy atom. The van der Waals surface area contributed by atoms with E-state index in [1.807, 2.05) is 42.7 Å². The van der Waals surface area contributed by atoms with Crippen molar-refractivity contribution < 1.29 is 5.11 Å². The molecule has 0 aliphatic heterocycles. The molecular weight excluding hydrogens is 526 g/mol. The Labute approximate surface area is 252 Å². The number of aromatic amines is 1. The molecule has 0 fully saturated rings. The highest BCUT2D eigenvalue weighted by Crippen LogP contribution is 2.44. The van der Waals surface area contributed by atoms with Crippen molar-refractivity contribution in [3.63, 3.8) is 0 Å². The third kappa shape index (κ3) is 4.91. The Morgan fingerprint density at radius 3 is 2.19 bits per heavy atom. The molecule has 43 heavy (non-hydrogen) atoms. The van der Waals surface area contributed by atoms with Crippen LogP contribution in [0, 0.1) is 0 Å². The summed E-state index contributed by atoms with van der Waals surface area (Å²) in [5.41, 5.74) is 12.5. The molecule has 0 aliphatic carbocycles. The van der Waals surface area contributed by atoms with Crippen LogP contribution in [0.15, 0.2) is 134 Å². The molecule has 0 bridgehead atoms. The van der Waals surface area contributed by atoms with Gasteiger partial charge in [-0.05, 0) is 70.1 Å². The summed E-state index contributed by atoms with van der Waals surface area (Å²) in [4.78, 5) is 8.30. The van der Waals surface area contributed by atoms with Crippen molar-refractivity contribution in [1.29, 1.82) is 0 Å². The van der Waals surface area contributed by atoms with E-state index >= 15 is 0 Å². The number of nitrogens with one attached hydrogen (secondary N) is 1. The summed E-state index contributed by atoms with van der Waals surface area (Å²) in [5.74, 6) is 0.239. The number of rotatable bonds is 5. The maximum Gasteiger partial charge on any atom is 0.124 e. The van der Waals surface area contributed by atoms with Crippen molar-refractivity contribution in [2.75, 3.05) is 0 Å². The van der Waals surface area contributed by atoms with Crippen molar-refractivity contribution in [2.45, 2.75) is 26.2 Å². The summed E-state index contributed by atoms with van der Waals surface area (Å²) in [6, 6.07) is 43.7. The van der Waals surface area contributed by atoms with E-state index in [9.17, 15) is 5.11 Å². The van der Waals surface area contributed by atoms with Gasteiger partial charge in [0.25, 0.3) is 0 Å². The molecule has 0 amide bonds.